The fourth-order valence-electron chi connectivity index (χ4n) is 3.92. The van der Waals surface area contributed by atoms with Crippen LogP contribution in [0.1, 0.15) is 26.7 Å². The highest BCUT2D eigenvalue weighted by Crippen LogP contribution is 2.37. The number of rotatable bonds is 8. The van der Waals surface area contributed by atoms with E-state index in [-0.39, 0.29) is 29.4 Å². The van der Waals surface area contributed by atoms with Gasteiger partial charge >= 0.3 is 6.01 Å². The fraction of sp³-hybridized carbons (Fsp3) is 0.320. The second-order valence-electron chi connectivity index (χ2n) is 8.71. The molecular formula is C25H23ClF2N4O4. The first kappa shape index (κ1) is 24.4. The highest BCUT2D eigenvalue weighted by molar-refractivity contribution is 6.33. The van der Waals surface area contributed by atoms with Crippen molar-refractivity contribution in [2.24, 2.45) is 0 Å². The van der Waals surface area contributed by atoms with Crippen molar-refractivity contribution in [1.82, 2.24) is 20.2 Å². The van der Waals surface area contributed by atoms with Gasteiger partial charge < -0.3 is 18.9 Å². The van der Waals surface area contributed by atoms with Gasteiger partial charge in [-0.1, -0.05) is 29.8 Å². The van der Waals surface area contributed by atoms with Crippen molar-refractivity contribution in [2.45, 2.75) is 38.6 Å². The van der Waals surface area contributed by atoms with Crippen LogP contribution in [0.15, 0.2) is 42.5 Å². The minimum absolute atomic E-state index is 0.0259. The molecule has 1 fully saturated rings. The third kappa shape index (κ3) is 5.25. The SMILES string of the molecule is CC1(C)OCC(CCCOc2nc(Oc3ccc(F)cc3F)nc3n[nH]c(-c4ccccc4Cl)c23)O1. The molecule has 0 spiro atoms. The van der Waals surface area contributed by atoms with Crippen molar-refractivity contribution in [3.63, 3.8) is 0 Å². The average Bonchev–Trinajstić information content (AvgIpc) is 3.41. The molecule has 1 atom stereocenters. The number of hydrogen-bond acceptors (Lipinski definition) is 7. The average molecular weight is 517 g/mol. The van der Waals surface area contributed by atoms with Crippen LogP contribution in [0, 0.1) is 11.6 Å². The number of halogens is 3. The molecule has 1 saturated heterocycles. The molecule has 0 bridgehead atoms. The lowest BCUT2D eigenvalue weighted by Gasteiger charge is -2.17. The van der Waals surface area contributed by atoms with Gasteiger partial charge in [-0.25, -0.2) is 8.78 Å². The standard InChI is InChI=1S/C25H23ClF2N4O4/c1-25(2)34-13-15(36-25)6-5-11-33-23-20-21(16-7-3-4-8-17(16)26)31-32-22(20)29-24(30-23)35-19-10-9-14(27)12-18(19)28/h3-4,7-10,12,15H,5-6,11,13H2,1-2H3,(H,29,30,31,32). The van der Waals surface area contributed by atoms with E-state index in [1.165, 1.54) is 0 Å². The molecule has 36 heavy (non-hydrogen) atoms. The van der Waals surface area contributed by atoms with Gasteiger partial charge in [-0.15, -0.1) is 0 Å². The summed E-state index contributed by atoms with van der Waals surface area (Å²) in [4.78, 5) is 8.65. The number of nitrogens with one attached hydrogen (secondary N) is 1. The Labute approximate surface area is 210 Å². The van der Waals surface area contributed by atoms with Gasteiger partial charge in [-0.3, -0.25) is 5.10 Å². The Morgan fingerprint density at radius 3 is 2.75 bits per heavy atom. The van der Waals surface area contributed by atoms with Crippen molar-refractivity contribution in [2.75, 3.05) is 13.2 Å². The summed E-state index contributed by atoms with van der Waals surface area (Å²) in [7, 11) is 0. The molecule has 0 aliphatic carbocycles. The summed E-state index contributed by atoms with van der Waals surface area (Å²) < 4.78 is 50.4. The minimum atomic E-state index is -0.887. The van der Waals surface area contributed by atoms with Crippen LogP contribution in [0.4, 0.5) is 8.78 Å². The highest BCUT2D eigenvalue weighted by atomic mass is 35.5. The van der Waals surface area contributed by atoms with E-state index >= 15 is 0 Å². The van der Waals surface area contributed by atoms with Gasteiger partial charge in [0.05, 0.1) is 25.0 Å². The molecule has 1 unspecified atom stereocenters. The second kappa shape index (κ2) is 9.96. The van der Waals surface area contributed by atoms with Crippen LogP contribution in [-0.2, 0) is 9.47 Å². The Hall–Kier alpha value is -3.34. The molecule has 188 valence electrons. The number of ether oxygens (including phenoxy) is 4. The van der Waals surface area contributed by atoms with Crippen LogP contribution < -0.4 is 9.47 Å². The zero-order chi connectivity index (χ0) is 25.3. The third-order valence-electron chi connectivity index (χ3n) is 5.57. The number of aromatic amines is 1. The Morgan fingerprint density at radius 2 is 2.00 bits per heavy atom. The fourth-order valence-corrected chi connectivity index (χ4v) is 4.15. The smallest absolute Gasteiger partial charge is 0.327 e. The molecule has 1 aliphatic rings. The van der Waals surface area contributed by atoms with Gasteiger partial charge in [0.1, 0.15) is 11.2 Å². The predicted molar refractivity (Wildman–Crippen MR) is 128 cm³/mol. The molecule has 2 aromatic heterocycles. The molecule has 3 heterocycles. The van der Waals surface area contributed by atoms with E-state index in [9.17, 15) is 8.78 Å². The van der Waals surface area contributed by atoms with Crippen LogP contribution in [-0.4, -0.2) is 45.3 Å². The normalized spacial score (nSPS) is 17.0. The number of nitrogens with zero attached hydrogens (tertiary/aromatic N) is 3. The summed E-state index contributed by atoms with van der Waals surface area (Å²) in [6.07, 6.45) is 1.37. The molecule has 2 aromatic carbocycles. The maximum atomic E-state index is 14.2. The first-order valence-electron chi connectivity index (χ1n) is 11.4. The molecule has 0 radical (unpaired) electrons. The van der Waals surface area contributed by atoms with E-state index in [1.54, 1.807) is 6.07 Å². The topological polar surface area (TPSA) is 91.4 Å². The van der Waals surface area contributed by atoms with E-state index in [1.807, 2.05) is 32.0 Å². The maximum absolute atomic E-state index is 14.2. The second-order valence-corrected chi connectivity index (χ2v) is 9.11. The zero-order valence-electron chi connectivity index (χ0n) is 19.6. The monoisotopic (exact) mass is 516 g/mol. The largest absolute Gasteiger partial charge is 0.477 e. The van der Waals surface area contributed by atoms with E-state index in [0.717, 1.165) is 18.6 Å². The zero-order valence-corrected chi connectivity index (χ0v) is 20.3. The summed E-state index contributed by atoms with van der Waals surface area (Å²) in [5, 5.41) is 8.19. The molecule has 5 rings (SSSR count). The molecule has 0 saturated carbocycles. The number of H-pyrrole nitrogens is 1. The molecule has 4 aromatic rings. The van der Waals surface area contributed by atoms with E-state index in [4.69, 9.17) is 30.5 Å². The first-order chi connectivity index (χ1) is 17.3. The lowest BCUT2D eigenvalue weighted by Crippen LogP contribution is -2.21. The van der Waals surface area contributed by atoms with Crippen LogP contribution in [0.2, 0.25) is 5.02 Å². The van der Waals surface area contributed by atoms with Gasteiger partial charge in [0, 0.05) is 16.7 Å². The quantitative estimate of drug-likeness (QED) is 0.285. The van der Waals surface area contributed by atoms with E-state index in [0.29, 0.717) is 47.4 Å². The summed E-state index contributed by atoms with van der Waals surface area (Å²) in [6, 6.07) is 9.99. The number of hydrogen-bond donors (Lipinski definition) is 1. The number of benzene rings is 2. The van der Waals surface area contributed by atoms with Crippen LogP contribution >= 0.6 is 11.6 Å². The lowest BCUT2D eigenvalue weighted by molar-refractivity contribution is -0.139. The molecule has 11 heteroatoms. The number of aromatic nitrogens is 4. The summed E-state index contributed by atoms with van der Waals surface area (Å²) >= 11 is 6.41. The molecule has 1 N–H and O–H groups in total. The van der Waals surface area contributed by atoms with Crippen molar-refractivity contribution < 1.29 is 27.7 Å². The molecular weight excluding hydrogens is 494 g/mol. The van der Waals surface area contributed by atoms with Crippen molar-refractivity contribution in [3.8, 4) is 28.9 Å². The lowest BCUT2D eigenvalue weighted by atomic mass is 10.1. The van der Waals surface area contributed by atoms with Gasteiger partial charge in [0.25, 0.3) is 0 Å². The predicted octanol–water partition coefficient (Wildman–Crippen LogP) is 6.05. The van der Waals surface area contributed by atoms with Crippen LogP contribution in [0.5, 0.6) is 17.6 Å². The Bertz CT molecular complexity index is 1400. The van der Waals surface area contributed by atoms with Crippen molar-refractivity contribution in [3.05, 3.63) is 59.1 Å². The minimum Gasteiger partial charge on any atom is -0.477 e. The van der Waals surface area contributed by atoms with Gasteiger partial charge in [0.2, 0.25) is 5.88 Å². The van der Waals surface area contributed by atoms with Gasteiger partial charge in [0.15, 0.2) is 23.0 Å². The molecule has 0 amide bonds. The maximum Gasteiger partial charge on any atom is 0.327 e. The van der Waals surface area contributed by atoms with Crippen molar-refractivity contribution >= 4 is 22.6 Å². The van der Waals surface area contributed by atoms with Crippen molar-refractivity contribution in [1.29, 1.82) is 0 Å². The summed E-state index contributed by atoms with van der Waals surface area (Å²) in [5.74, 6) is -2.25. The van der Waals surface area contributed by atoms with E-state index < -0.39 is 17.4 Å². The Balaban J connectivity index is 1.43. The summed E-state index contributed by atoms with van der Waals surface area (Å²) in [5.41, 5.74) is 1.49. The highest BCUT2D eigenvalue weighted by Gasteiger charge is 2.32. The van der Waals surface area contributed by atoms with Crippen LogP contribution in [0.3, 0.4) is 0 Å². The van der Waals surface area contributed by atoms with Gasteiger partial charge in [-0.2, -0.15) is 15.1 Å². The van der Waals surface area contributed by atoms with E-state index in [2.05, 4.69) is 20.2 Å². The Morgan fingerprint density at radius 1 is 1.17 bits per heavy atom. The number of fused-ring (bicyclic) bond motifs is 1. The van der Waals surface area contributed by atoms with Crippen LogP contribution in [0.25, 0.3) is 22.3 Å². The first-order valence-corrected chi connectivity index (χ1v) is 11.8. The third-order valence-corrected chi connectivity index (χ3v) is 5.90. The molecule has 8 nitrogen and oxygen atoms in total. The molecule has 1 aliphatic heterocycles. The summed E-state index contributed by atoms with van der Waals surface area (Å²) in [6.45, 7) is 4.58. The Kier molecular flexibility index (Phi) is 6.74. The van der Waals surface area contributed by atoms with Gasteiger partial charge in [-0.05, 0) is 44.9 Å².